The minimum Gasteiger partial charge on any atom is -0.479 e. The maximum absolute atomic E-state index is 12.6. The quantitative estimate of drug-likeness (QED) is 0.432. The fourth-order valence-corrected chi connectivity index (χ4v) is 2.88. The van der Waals surface area contributed by atoms with Gasteiger partial charge in [-0.15, -0.1) is 0 Å². The number of carbonyl (C=O) groups is 2. The molecule has 0 saturated heterocycles. The molecule has 5 heteroatoms. The molecule has 0 heterocycles. The number of carbonyl (C=O) groups excluding carboxylic acids is 2. The van der Waals surface area contributed by atoms with E-state index in [1.807, 2.05) is 44.2 Å². The van der Waals surface area contributed by atoms with E-state index in [-0.39, 0.29) is 5.91 Å². The number of amides is 1. The summed E-state index contributed by atoms with van der Waals surface area (Å²) >= 11 is 0. The first-order valence-corrected chi connectivity index (χ1v) is 9.73. The first kappa shape index (κ1) is 21.1. The minimum atomic E-state index is -0.753. The number of hydrogen-bond donors (Lipinski definition) is 0. The number of esters is 1. The molecule has 0 spiro atoms. The highest BCUT2D eigenvalue weighted by Gasteiger charge is 2.18. The zero-order valence-corrected chi connectivity index (χ0v) is 17.6. The number of benzene rings is 3. The topological polar surface area (TPSA) is 55.8 Å². The molecule has 3 aromatic rings. The Balaban J connectivity index is 1.61. The average molecular weight is 403 g/mol. The number of ether oxygens (including phenoxy) is 2. The molecule has 5 nitrogen and oxygen atoms in total. The highest BCUT2D eigenvalue weighted by atomic mass is 16.6. The van der Waals surface area contributed by atoms with E-state index >= 15 is 0 Å². The second kappa shape index (κ2) is 9.27. The van der Waals surface area contributed by atoms with Crippen molar-refractivity contribution in [2.75, 3.05) is 11.9 Å². The molecule has 0 saturated carbocycles. The van der Waals surface area contributed by atoms with Crippen LogP contribution in [0, 0.1) is 13.8 Å². The van der Waals surface area contributed by atoms with E-state index in [9.17, 15) is 9.59 Å². The zero-order chi connectivity index (χ0) is 21.7. The first-order chi connectivity index (χ1) is 14.3. The van der Waals surface area contributed by atoms with Crippen molar-refractivity contribution in [3.05, 3.63) is 89.5 Å². The Morgan fingerprint density at radius 2 is 1.50 bits per heavy atom. The summed E-state index contributed by atoms with van der Waals surface area (Å²) in [4.78, 5) is 26.5. The van der Waals surface area contributed by atoms with Crippen molar-refractivity contribution < 1.29 is 19.1 Å². The van der Waals surface area contributed by atoms with Crippen molar-refractivity contribution in [2.45, 2.75) is 26.9 Å². The largest absolute Gasteiger partial charge is 0.479 e. The molecular formula is C25H25NO4. The molecule has 0 aliphatic carbocycles. The van der Waals surface area contributed by atoms with Crippen molar-refractivity contribution in [3.63, 3.8) is 0 Å². The minimum absolute atomic E-state index is 0.111. The van der Waals surface area contributed by atoms with Crippen molar-refractivity contribution in [1.82, 2.24) is 0 Å². The summed E-state index contributed by atoms with van der Waals surface area (Å²) in [6.45, 7) is 5.58. The van der Waals surface area contributed by atoms with Gasteiger partial charge >= 0.3 is 5.97 Å². The van der Waals surface area contributed by atoms with Crippen LogP contribution in [0.5, 0.6) is 11.5 Å². The van der Waals surface area contributed by atoms with E-state index in [1.54, 1.807) is 61.3 Å². The van der Waals surface area contributed by atoms with Crippen LogP contribution in [0.4, 0.5) is 5.69 Å². The van der Waals surface area contributed by atoms with Gasteiger partial charge in [-0.05, 0) is 74.9 Å². The lowest BCUT2D eigenvalue weighted by Crippen LogP contribution is -2.28. The maximum Gasteiger partial charge on any atom is 0.352 e. The summed E-state index contributed by atoms with van der Waals surface area (Å²) in [7, 11) is 1.71. The fourth-order valence-electron chi connectivity index (χ4n) is 2.88. The molecule has 0 bridgehead atoms. The van der Waals surface area contributed by atoms with Gasteiger partial charge in [-0.1, -0.05) is 29.8 Å². The Labute approximate surface area is 176 Å². The molecule has 0 N–H and O–H groups in total. The lowest BCUT2D eigenvalue weighted by Gasteiger charge is -2.18. The Morgan fingerprint density at radius 3 is 2.13 bits per heavy atom. The Hall–Kier alpha value is -3.60. The number of rotatable bonds is 6. The van der Waals surface area contributed by atoms with E-state index in [0.29, 0.717) is 22.7 Å². The lowest BCUT2D eigenvalue weighted by molar-refractivity contribution is -0.141. The summed E-state index contributed by atoms with van der Waals surface area (Å²) in [6, 6.07) is 21.7. The molecular weight excluding hydrogens is 378 g/mol. The van der Waals surface area contributed by atoms with Gasteiger partial charge in [0.15, 0.2) is 6.10 Å². The number of anilines is 1. The van der Waals surface area contributed by atoms with Gasteiger partial charge in [0.2, 0.25) is 0 Å². The summed E-state index contributed by atoms with van der Waals surface area (Å²) in [5.41, 5.74) is 3.46. The van der Waals surface area contributed by atoms with Crippen LogP contribution in [0.2, 0.25) is 0 Å². The summed E-state index contributed by atoms with van der Waals surface area (Å²) in [6.07, 6.45) is -0.753. The molecule has 0 fully saturated rings. The van der Waals surface area contributed by atoms with Crippen LogP contribution < -0.4 is 14.4 Å². The van der Waals surface area contributed by atoms with Gasteiger partial charge in [0.05, 0.1) is 0 Å². The summed E-state index contributed by atoms with van der Waals surface area (Å²) in [5, 5.41) is 0. The van der Waals surface area contributed by atoms with Crippen molar-refractivity contribution >= 4 is 17.6 Å². The molecule has 0 aliphatic heterocycles. The maximum atomic E-state index is 12.6. The third-order valence-electron chi connectivity index (χ3n) is 4.68. The van der Waals surface area contributed by atoms with Gasteiger partial charge in [-0.2, -0.15) is 0 Å². The Bertz CT molecular complexity index is 1030. The third kappa shape index (κ3) is 5.26. The Morgan fingerprint density at radius 1 is 0.833 bits per heavy atom. The van der Waals surface area contributed by atoms with Gasteiger partial charge in [-0.25, -0.2) is 4.79 Å². The number of hydrogen-bond acceptors (Lipinski definition) is 4. The molecule has 0 aliphatic rings. The lowest BCUT2D eigenvalue weighted by atomic mass is 10.1. The normalized spacial score (nSPS) is 11.5. The van der Waals surface area contributed by atoms with Crippen LogP contribution in [0.15, 0.2) is 72.8 Å². The molecule has 0 aromatic heterocycles. The summed E-state index contributed by atoms with van der Waals surface area (Å²) < 4.78 is 11.1. The van der Waals surface area contributed by atoms with E-state index in [2.05, 4.69) is 0 Å². The highest BCUT2D eigenvalue weighted by molar-refractivity contribution is 6.05. The fraction of sp³-hybridized carbons (Fsp3) is 0.200. The molecule has 0 radical (unpaired) electrons. The summed E-state index contributed by atoms with van der Waals surface area (Å²) in [5.74, 6) is 0.402. The Kier molecular flexibility index (Phi) is 6.52. The number of aryl methyl sites for hydroxylation is 2. The molecule has 30 heavy (non-hydrogen) atoms. The first-order valence-electron chi connectivity index (χ1n) is 9.73. The smallest absolute Gasteiger partial charge is 0.352 e. The van der Waals surface area contributed by atoms with Crippen LogP contribution in [0.25, 0.3) is 0 Å². The standard InChI is InChI=1S/C25H25NO4/c1-17-8-10-20(11-9-17)24(27)26(4)21-12-14-22(15-13-21)30-25(28)19(3)29-23-7-5-6-18(2)16-23/h5-16,19H,1-4H3. The molecule has 3 aromatic carbocycles. The van der Waals surface area contributed by atoms with Crippen LogP contribution in [0.3, 0.4) is 0 Å². The second-order valence-corrected chi connectivity index (χ2v) is 7.22. The predicted molar refractivity (Wildman–Crippen MR) is 117 cm³/mol. The van der Waals surface area contributed by atoms with Gasteiger partial charge in [0.1, 0.15) is 11.5 Å². The van der Waals surface area contributed by atoms with Crippen LogP contribution in [-0.4, -0.2) is 25.0 Å². The SMILES string of the molecule is Cc1ccc(C(=O)N(C)c2ccc(OC(=O)C(C)Oc3cccc(C)c3)cc2)cc1. The van der Waals surface area contributed by atoms with Gasteiger partial charge in [-0.3, -0.25) is 4.79 Å². The monoisotopic (exact) mass is 403 g/mol. The van der Waals surface area contributed by atoms with Gasteiger partial charge < -0.3 is 14.4 Å². The van der Waals surface area contributed by atoms with E-state index in [1.165, 1.54) is 0 Å². The average Bonchev–Trinajstić information content (AvgIpc) is 2.74. The van der Waals surface area contributed by atoms with Gasteiger partial charge in [0, 0.05) is 18.3 Å². The number of nitrogens with zero attached hydrogens (tertiary/aromatic N) is 1. The van der Waals surface area contributed by atoms with Crippen LogP contribution >= 0.6 is 0 Å². The zero-order valence-electron chi connectivity index (χ0n) is 17.6. The van der Waals surface area contributed by atoms with Gasteiger partial charge in [0.25, 0.3) is 5.91 Å². The molecule has 1 unspecified atom stereocenters. The van der Waals surface area contributed by atoms with Crippen LogP contribution in [0.1, 0.15) is 28.4 Å². The van der Waals surface area contributed by atoms with E-state index in [4.69, 9.17) is 9.47 Å². The molecule has 3 rings (SSSR count). The van der Waals surface area contributed by atoms with Crippen LogP contribution in [-0.2, 0) is 4.79 Å². The highest BCUT2D eigenvalue weighted by Crippen LogP contribution is 2.21. The van der Waals surface area contributed by atoms with E-state index in [0.717, 1.165) is 11.1 Å². The third-order valence-corrected chi connectivity index (χ3v) is 4.68. The van der Waals surface area contributed by atoms with E-state index < -0.39 is 12.1 Å². The van der Waals surface area contributed by atoms with Crippen molar-refractivity contribution in [3.8, 4) is 11.5 Å². The van der Waals surface area contributed by atoms with Crippen molar-refractivity contribution in [1.29, 1.82) is 0 Å². The van der Waals surface area contributed by atoms with Crippen molar-refractivity contribution in [2.24, 2.45) is 0 Å². The molecule has 1 atom stereocenters. The predicted octanol–water partition coefficient (Wildman–Crippen LogP) is 4.95. The molecule has 154 valence electrons. The molecule has 1 amide bonds. The second-order valence-electron chi connectivity index (χ2n) is 7.22.